The summed E-state index contributed by atoms with van der Waals surface area (Å²) in [5.41, 5.74) is 14.1. The van der Waals surface area contributed by atoms with E-state index in [9.17, 15) is 0 Å². The van der Waals surface area contributed by atoms with Crippen molar-refractivity contribution in [3.8, 4) is 50.2 Å². The van der Waals surface area contributed by atoms with Crippen LogP contribution in [0.3, 0.4) is 0 Å². The van der Waals surface area contributed by atoms with Crippen molar-refractivity contribution in [1.82, 2.24) is 4.57 Å². The number of aromatic nitrogens is 1. The number of nitrogens with zero attached hydrogens (tertiary/aromatic N) is 1. The molecule has 1 nitrogen and oxygen atoms in total. The molecule has 1 heteroatoms. The highest BCUT2D eigenvalue weighted by molar-refractivity contribution is 6.26. The molecule has 0 atom stereocenters. The van der Waals surface area contributed by atoms with Gasteiger partial charge in [-0.2, -0.15) is 0 Å². The molecule has 1 aliphatic carbocycles. The Bertz CT molecular complexity index is 2920. The fraction of sp³-hybridized carbons (Fsp3) is 0. The summed E-state index contributed by atoms with van der Waals surface area (Å²) in [4.78, 5) is 0. The lowest BCUT2D eigenvalue weighted by atomic mass is 9.76. The van der Waals surface area contributed by atoms with Crippen molar-refractivity contribution in [2.24, 2.45) is 0 Å². The van der Waals surface area contributed by atoms with Gasteiger partial charge in [-0.05, 0) is 113 Å². The molecule has 0 radical (unpaired) electrons. The Morgan fingerprint density at radius 3 is 1.55 bits per heavy atom. The highest BCUT2D eigenvalue weighted by Gasteiger charge is 2.27. The average Bonchev–Trinajstić information content (AvgIpc) is 3.50. The van der Waals surface area contributed by atoms with E-state index in [-0.39, 0.29) is 0 Å². The zero-order valence-electron chi connectivity index (χ0n) is 26.7. The van der Waals surface area contributed by atoms with Gasteiger partial charge >= 0.3 is 0 Å². The molecule has 49 heavy (non-hydrogen) atoms. The molecule has 0 saturated carbocycles. The van der Waals surface area contributed by atoms with Crippen molar-refractivity contribution in [3.05, 3.63) is 176 Å². The summed E-state index contributed by atoms with van der Waals surface area (Å²) in [5.74, 6) is 0. The molecule has 0 aliphatic heterocycles. The van der Waals surface area contributed by atoms with E-state index in [2.05, 4.69) is 180 Å². The molecule has 9 aromatic carbocycles. The molecule has 0 amide bonds. The van der Waals surface area contributed by atoms with E-state index in [1.54, 1.807) is 0 Å². The van der Waals surface area contributed by atoms with Crippen LogP contribution in [-0.2, 0) is 0 Å². The summed E-state index contributed by atoms with van der Waals surface area (Å²) in [7, 11) is 0. The van der Waals surface area contributed by atoms with Crippen LogP contribution in [0.4, 0.5) is 0 Å². The Balaban J connectivity index is 1.22. The molecule has 1 aliphatic rings. The quantitative estimate of drug-likeness (QED) is 0.173. The molecule has 0 fully saturated rings. The topological polar surface area (TPSA) is 4.93 Å². The first-order valence-electron chi connectivity index (χ1n) is 17.0. The second-order valence-corrected chi connectivity index (χ2v) is 13.2. The number of hydrogen-bond acceptors (Lipinski definition) is 0. The van der Waals surface area contributed by atoms with Gasteiger partial charge in [0.15, 0.2) is 0 Å². The lowest BCUT2D eigenvalue weighted by molar-refractivity contribution is 1.18. The fourth-order valence-corrected chi connectivity index (χ4v) is 8.58. The second-order valence-electron chi connectivity index (χ2n) is 13.2. The molecular weight excluding hydrogens is 591 g/mol. The molecule has 10 aromatic rings. The van der Waals surface area contributed by atoms with Crippen LogP contribution >= 0.6 is 0 Å². The number of hydrogen-bond donors (Lipinski definition) is 0. The van der Waals surface area contributed by atoms with Crippen LogP contribution in [0.2, 0.25) is 0 Å². The van der Waals surface area contributed by atoms with Gasteiger partial charge in [-0.1, -0.05) is 140 Å². The van der Waals surface area contributed by atoms with E-state index in [1.165, 1.54) is 104 Å². The lowest BCUT2D eigenvalue weighted by Crippen LogP contribution is -2.03. The van der Waals surface area contributed by atoms with Gasteiger partial charge < -0.3 is 4.57 Å². The highest BCUT2D eigenvalue weighted by Crippen LogP contribution is 2.54. The summed E-state index contributed by atoms with van der Waals surface area (Å²) in [5, 5.41) is 10.3. The standard InChI is InChI=1S/C48H29N/c1-2-14-31(15-3-1)47-38-20-6-7-21-39(38)48(37-22-12-16-30-13-4-5-17-33(30)37)44-28-41-34-26-25-32(27-40(34)42(41)29-43(44)47)49-45-23-10-8-18-35(45)36-19-9-11-24-46(36)49/h1-29H. The Morgan fingerprint density at radius 2 is 0.816 bits per heavy atom. The first-order valence-corrected chi connectivity index (χ1v) is 17.0. The third-order valence-corrected chi connectivity index (χ3v) is 10.7. The van der Waals surface area contributed by atoms with Gasteiger partial charge in [0.25, 0.3) is 0 Å². The Hall–Kier alpha value is -6.44. The Kier molecular flexibility index (Phi) is 5.45. The maximum Gasteiger partial charge on any atom is 0.0541 e. The van der Waals surface area contributed by atoms with E-state index in [0.717, 1.165) is 0 Å². The van der Waals surface area contributed by atoms with Crippen molar-refractivity contribution in [1.29, 1.82) is 0 Å². The van der Waals surface area contributed by atoms with Crippen LogP contribution in [-0.4, -0.2) is 4.57 Å². The first-order chi connectivity index (χ1) is 24.3. The molecule has 0 spiro atoms. The molecule has 0 saturated heterocycles. The van der Waals surface area contributed by atoms with Gasteiger partial charge in [-0.15, -0.1) is 0 Å². The van der Waals surface area contributed by atoms with Crippen molar-refractivity contribution in [3.63, 3.8) is 0 Å². The molecule has 11 rings (SSSR count). The van der Waals surface area contributed by atoms with Crippen LogP contribution in [0.25, 0.3) is 104 Å². The van der Waals surface area contributed by atoms with Gasteiger partial charge in [0, 0.05) is 16.5 Å². The van der Waals surface area contributed by atoms with Crippen molar-refractivity contribution in [2.75, 3.05) is 0 Å². The zero-order valence-corrected chi connectivity index (χ0v) is 26.7. The minimum atomic E-state index is 1.19. The van der Waals surface area contributed by atoms with Crippen molar-refractivity contribution in [2.45, 2.75) is 0 Å². The highest BCUT2D eigenvalue weighted by atomic mass is 15.0. The minimum absolute atomic E-state index is 1.19. The Labute approximate surface area is 283 Å². The number of rotatable bonds is 3. The normalized spacial score (nSPS) is 12.1. The monoisotopic (exact) mass is 619 g/mol. The van der Waals surface area contributed by atoms with Gasteiger partial charge in [0.05, 0.1) is 11.0 Å². The van der Waals surface area contributed by atoms with E-state index < -0.39 is 0 Å². The maximum absolute atomic E-state index is 2.48. The number of benzene rings is 9. The van der Waals surface area contributed by atoms with E-state index in [1.807, 2.05) is 0 Å². The SMILES string of the molecule is c1ccc(-c2c3ccccc3c(-c3cccc4ccccc34)c3cc4c(cc23)-c2cc(-n3c5ccccc5c5ccccc53)ccc2-4)cc1. The zero-order chi connectivity index (χ0) is 32.1. The predicted octanol–water partition coefficient (Wildman–Crippen LogP) is 13.2. The molecule has 1 heterocycles. The molecule has 0 bridgehead atoms. The third-order valence-electron chi connectivity index (χ3n) is 10.7. The largest absolute Gasteiger partial charge is 0.309 e. The minimum Gasteiger partial charge on any atom is -0.309 e. The van der Waals surface area contributed by atoms with E-state index in [4.69, 9.17) is 0 Å². The van der Waals surface area contributed by atoms with Crippen molar-refractivity contribution >= 4 is 54.1 Å². The molecule has 0 unspecified atom stereocenters. The van der Waals surface area contributed by atoms with Crippen LogP contribution in [0.1, 0.15) is 0 Å². The van der Waals surface area contributed by atoms with E-state index in [0.29, 0.717) is 0 Å². The second kappa shape index (κ2) is 10.0. The molecule has 1 aromatic heterocycles. The third kappa shape index (κ3) is 3.70. The molecular formula is C48H29N. The smallest absolute Gasteiger partial charge is 0.0541 e. The maximum atomic E-state index is 2.48. The summed E-state index contributed by atoms with van der Waals surface area (Å²) in [6.07, 6.45) is 0. The van der Waals surface area contributed by atoms with Crippen LogP contribution in [0.15, 0.2) is 176 Å². The number of para-hydroxylation sites is 2. The van der Waals surface area contributed by atoms with Crippen LogP contribution < -0.4 is 0 Å². The summed E-state index contributed by atoms with van der Waals surface area (Å²) >= 11 is 0. The van der Waals surface area contributed by atoms with Crippen LogP contribution in [0, 0.1) is 0 Å². The Morgan fingerprint density at radius 1 is 0.286 bits per heavy atom. The van der Waals surface area contributed by atoms with E-state index >= 15 is 0 Å². The first kappa shape index (κ1) is 26.6. The van der Waals surface area contributed by atoms with Crippen molar-refractivity contribution < 1.29 is 0 Å². The van der Waals surface area contributed by atoms with Crippen LogP contribution in [0.5, 0.6) is 0 Å². The summed E-state index contributed by atoms with van der Waals surface area (Å²) in [6.45, 7) is 0. The predicted molar refractivity (Wildman–Crippen MR) is 209 cm³/mol. The summed E-state index contributed by atoms with van der Waals surface area (Å²) in [6, 6.07) is 64.9. The molecule has 0 N–H and O–H groups in total. The number of fused-ring (bicyclic) bond motifs is 10. The fourth-order valence-electron chi connectivity index (χ4n) is 8.58. The van der Waals surface area contributed by atoms with Gasteiger partial charge in [0.2, 0.25) is 0 Å². The van der Waals surface area contributed by atoms with Gasteiger partial charge in [-0.3, -0.25) is 0 Å². The van der Waals surface area contributed by atoms with Gasteiger partial charge in [-0.25, -0.2) is 0 Å². The lowest BCUT2D eigenvalue weighted by Gasteiger charge is -2.28. The summed E-state index contributed by atoms with van der Waals surface area (Å²) < 4.78 is 2.42. The molecule has 226 valence electrons. The van der Waals surface area contributed by atoms with Gasteiger partial charge in [0.1, 0.15) is 0 Å². The average molecular weight is 620 g/mol.